The Balaban J connectivity index is 1.89. The van der Waals surface area contributed by atoms with Crippen molar-refractivity contribution in [2.75, 3.05) is 45.6 Å². The van der Waals surface area contributed by atoms with E-state index in [1.165, 1.54) is 89.3 Å². The van der Waals surface area contributed by atoms with Crippen molar-refractivity contribution in [2.24, 2.45) is 5.92 Å². The maximum atomic E-state index is 3.50. The van der Waals surface area contributed by atoms with Crippen molar-refractivity contribution in [3.05, 3.63) is 0 Å². The molecule has 1 saturated heterocycles. The van der Waals surface area contributed by atoms with Crippen molar-refractivity contribution < 1.29 is 0 Å². The van der Waals surface area contributed by atoms with E-state index in [0.29, 0.717) is 0 Å². The van der Waals surface area contributed by atoms with Gasteiger partial charge in [0.25, 0.3) is 0 Å². The largest absolute Gasteiger partial charge is 0.309 e. The average Bonchev–Trinajstić information content (AvgIpc) is 2.43. The summed E-state index contributed by atoms with van der Waals surface area (Å²) in [7, 11) is 4.40. The van der Waals surface area contributed by atoms with Crippen LogP contribution in [0.1, 0.15) is 57.8 Å². The van der Waals surface area contributed by atoms with E-state index in [-0.39, 0.29) is 0 Å². The van der Waals surface area contributed by atoms with Crippen LogP contribution in [0.25, 0.3) is 0 Å². The lowest BCUT2D eigenvalue weighted by Crippen LogP contribution is -2.37. The van der Waals surface area contributed by atoms with Crippen LogP contribution in [0.4, 0.5) is 0 Å². The van der Waals surface area contributed by atoms with E-state index < -0.39 is 0 Å². The Kier molecular flexibility index (Phi) is 11.1. The van der Waals surface area contributed by atoms with Gasteiger partial charge < -0.3 is 9.80 Å². The quantitative estimate of drug-likeness (QED) is 0.404. The smallest absolute Gasteiger partial charge is 0.00313 e. The van der Waals surface area contributed by atoms with E-state index in [0.717, 1.165) is 5.92 Å². The molecule has 0 aromatic rings. The van der Waals surface area contributed by atoms with Crippen LogP contribution in [-0.4, -0.2) is 55.4 Å². The van der Waals surface area contributed by atoms with Crippen molar-refractivity contribution in [3.8, 4) is 0 Å². The number of likely N-dealkylation sites (tertiary alicyclic amines) is 1. The second-order valence-corrected chi connectivity index (χ2v) is 7.50. The molecule has 0 bridgehead atoms. The Morgan fingerprint density at radius 1 is 0.900 bits per heavy atom. The summed E-state index contributed by atoms with van der Waals surface area (Å²) in [6.45, 7) is 5.30. The van der Waals surface area contributed by atoms with Crippen molar-refractivity contribution >= 4 is 15.9 Å². The number of alkyl halides is 1. The van der Waals surface area contributed by atoms with Gasteiger partial charge in [-0.3, -0.25) is 0 Å². The fourth-order valence-corrected chi connectivity index (χ4v) is 3.62. The molecule has 1 aliphatic rings. The summed E-state index contributed by atoms with van der Waals surface area (Å²) in [5.41, 5.74) is 0. The third kappa shape index (κ3) is 9.36. The highest BCUT2D eigenvalue weighted by Crippen LogP contribution is 2.18. The van der Waals surface area contributed by atoms with E-state index in [9.17, 15) is 0 Å². The Morgan fingerprint density at radius 3 is 2.00 bits per heavy atom. The Bertz CT molecular complexity index is 213. The summed E-state index contributed by atoms with van der Waals surface area (Å²) in [5.74, 6) is 0.940. The van der Waals surface area contributed by atoms with Crippen LogP contribution < -0.4 is 0 Å². The number of halogens is 1. The van der Waals surface area contributed by atoms with Gasteiger partial charge in [0.15, 0.2) is 0 Å². The molecule has 0 aromatic carbocycles. The first-order valence-corrected chi connectivity index (χ1v) is 9.77. The van der Waals surface area contributed by atoms with Gasteiger partial charge in [0.1, 0.15) is 0 Å². The van der Waals surface area contributed by atoms with Crippen molar-refractivity contribution in [1.29, 1.82) is 0 Å². The summed E-state index contributed by atoms with van der Waals surface area (Å²) in [6, 6.07) is 0. The molecule has 1 fully saturated rings. The predicted molar refractivity (Wildman–Crippen MR) is 93.8 cm³/mol. The molecule has 0 spiro atoms. The Hall–Kier alpha value is 0.400. The highest BCUT2D eigenvalue weighted by atomic mass is 79.9. The summed E-state index contributed by atoms with van der Waals surface area (Å²) < 4.78 is 0. The minimum absolute atomic E-state index is 0.940. The lowest BCUT2D eigenvalue weighted by molar-refractivity contribution is 0.160. The summed E-state index contributed by atoms with van der Waals surface area (Å²) >= 11 is 3.50. The molecular formula is C17H35BrN2. The van der Waals surface area contributed by atoms with E-state index in [1.807, 2.05) is 0 Å². The van der Waals surface area contributed by atoms with E-state index in [4.69, 9.17) is 0 Å². The standard InChI is InChI=1S/C17H35BrN2/c1-19(2)16-17-10-14-20(15-11-17)13-9-7-5-3-4-6-8-12-18/h17H,3-16H2,1-2H3. The number of nitrogens with zero attached hydrogens (tertiary/aromatic N) is 2. The van der Waals surface area contributed by atoms with Gasteiger partial charge in [0.2, 0.25) is 0 Å². The minimum Gasteiger partial charge on any atom is -0.309 e. The molecule has 0 saturated carbocycles. The van der Waals surface area contributed by atoms with Crippen LogP contribution in [-0.2, 0) is 0 Å². The first kappa shape index (κ1) is 18.4. The summed E-state index contributed by atoms with van der Waals surface area (Å²) in [5, 5.41) is 1.18. The zero-order valence-corrected chi connectivity index (χ0v) is 15.3. The van der Waals surface area contributed by atoms with Crippen molar-refractivity contribution in [2.45, 2.75) is 57.8 Å². The lowest BCUT2D eigenvalue weighted by Gasteiger charge is -2.33. The molecule has 1 heterocycles. The predicted octanol–water partition coefficient (Wildman–Crippen LogP) is 4.39. The second-order valence-electron chi connectivity index (χ2n) is 6.71. The molecular weight excluding hydrogens is 312 g/mol. The third-order valence-electron chi connectivity index (χ3n) is 4.44. The van der Waals surface area contributed by atoms with Gasteiger partial charge in [-0.05, 0) is 65.3 Å². The van der Waals surface area contributed by atoms with Gasteiger partial charge in [0.05, 0.1) is 0 Å². The maximum absolute atomic E-state index is 3.50. The summed E-state index contributed by atoms with van der Waals surface area (Å²) in [6.07, 6.45) is 12.7. The van der Waals surface area contributed by atoms with Crippen molar-refractivity contribution in [1.82, 2.24) is 9.80 Å². The maximum Gasteiger partial charge on any atom is 0.00313 e. The molecule has 0 amide bonds. The molecule has 0 aromatic heterocycles. The minimum atomic E-state index is 0.940. The Labute approximate surface area is 135 Å². The highest BCUT2D eigenvalue weighted by molar-refractivity contribution is 9.09. The van der Waals surface area contributed by atoms with Gasteiger partial charge in [-0.15, -0.1) is 0 Å². The molecule has 2 nitrogen and oxygen atoms in total. The van der Waals surface area contributed by atoms with Crippen LogP contribution in [0, 0.1) is 5.92 Å². The average molecular weight is 347 g/mol. The van der Waals surface area contributed by atoms with Gasteiger partial charge in [-0.2, -0.15) is 0 Å². The molecule has 3 heteroatoms. The lowest BCUT2D eigenvalue weighted by atomic mass is 9.96. The number of unbranched alkanes of at least 4 members (excludes halogenated alkanes) is 6. The molecule has 0 radical (unpaired) electrons. The first-order valence-electron chi connectivity index (χ1n) is 8.65. The molecule has 20 heavy (non-hydrogen) atoms. The molecule has 0 N–H and O–H groups in total. The van der Waals surface area contributed by atoms with Crippen LogP contribution in [0.5, 0.6) is 0 Å². The normalized spacial score (nSPS) is 18.0. The van der Waals surface area contributed by atoms with Gasteiger partial charge in [-0.1, -0.05) is 48.0 Å². The number of hydrogen-bond acceptors (Lipinski definition) is 2. The SMILES string of the molecule is CN(C)CC1CCN(CCCCCCCCCBr)CC1. The van der Waals surface area contributed by atoms with E-state index >= 15 is 0 Å². The second kappa shape index (κ2) is 12.0. The third-order valence-corrected chi connectivity index (χ3v) is 5.00. The molecule has 0 aliphatic carbocycles. The zero-order chi connectivity index (χ0) is 14.6. The monoisotopic (exact) mass is 346 g/mol. The summed E-state index contributed by atoms with van der Waals surface area (Å²) in [4.78, 5) is 5.03. The van der Waals surface area contributed by atoms with Gasteiger partial charge in [0, 0.05) is 11.9 Å². The number of piperidine rings is 1. The molecule has 1 aliphatic heterocycles. The van der Waals surface area contributed by atoms with Crippen LogP contribution in [0.15, 0.2) is 0 Å². The fraction of sp³-hybridized carbons (Fsp3) is 1.00. The molecule has 0 unspecified atom stereocenters. The highest BCUT2D eigenvalue weighted by Gasteiger charge is 2.18. The van der Waals surface area contributed by atoms with E-state index in [1.54, 1.807) is 0 Å². The van der Waals surface area contributed by atoms with Crippen LogP contribution in [0.3, 0.4) is 0 Å². The van der Waals surface area contributed by atoms with Crippen LogP contribution in [0.2, 0.25) is 0 Å². The molecule has 120 valence electrons. The number of rotatable bonds is 11. The van der Waals surface area contributed by atoms with Crippen molar-refractivity contribution in [3.63, 3.8) is 0 Å². The Morgan fingerprint density at radius 2 is 1.45 bits per heavy atom. The van der Waals surface area contributed by atoms with E-state index in [2.05, 4.69) is 39.8 Å². The molecule has 0 atom stereocenters. The van der Waals surface area contributed by atoms with Gasteiger partial charge >= 0.3 is 0 Å². The number of hydrogen-bond donors (Lipinski definition) is 0. The van der Waals surface area contributed by atoms with Gasteiger partial charge in [-0.25, -0.2) is 0 Å². The molecule has 1 rings (SSSR count). The topological polar surface area (TPSA) is 6.48 Å². The van der Waals surface area contributed by atoms with Crippen LogP contribution >= 0.6 is 15.9 Å². The first-order chi connectivity index (χ1) is 9.72. The zero-order valence-electron chi connectivity index (χ0n) is 13.7. The fourth-order valence-electron chi connectivity index (χ4n) is 3.22.